The molecule has 5 nitrogen and oxygen atoms in total. The fourth-order valence-corrected chi connectivity index (χ4v) is 3.23. The summed E-state index contributed by atoms with van der Waals surface area (Å²) < 4.78 is 24.7. The average molecular weight is 272 g/mol. The Morgan fingerprint density at radius 2 is 2.12 bits per heavy atom. The van der Waals surface area contributed by atoms with Crippen LogP contribution in [0.3, 0.4) is 0 Å². The first-order valence-corrected chi connectivity index (χ1v) is 7.46. The van der Waals surface area contributed by atoms with E-state index in [1.54, 1.807) is 10.6 Å². The Hall–Kier alpha value is -1.18. The SMILES string of the molecule is CCCn1c(=O)sc2cc(S(N)(=O)=O)ccc21. The van der Waals surface area contributed by atoms with Crippen LogP contribution in [0.25, 0.3) is 10.2 Å². The zero-order valence-electron chi connectivity index (χ0n) is 9.21. The van der Waals surface area contributed by atoms with Gasteiger partial charge in [0.05, 0.1) is 15.1 Å². The highest BCUT2D eigenvalue weighted by Crippen LogP contribution is 2.21. The second-order valence-corrected chi connectivity index (χ2v) is 6.25. The molecule has 1 heterocycles. The Kier molecular flexibility index (Phi) is 3.07. The number of nitrogens with two attached hydrogens (primary N) is 1. The predicted molar refractivity (Wildman–Crippen MR) is 67.7 cm³/mol. The third-order valence-electron chi connectivity index (χ3n) is 2.42. The molecule has 7 heteroatoms. The second kappa shape index (κ2) is 4.25. The lowest BCUT2D eigenvalue weighted by Crippen LogP contribution is -2.13. The van der Waals surface area contributed by atoms with E-state index in [-0.39, 0.29) is 9.77 Å². The van der Waals surface area contributed by atoms with Crippen molar-refractivity contribution in [1.29, 1.82) is 0 Å². The molecule has 2 N–H and O–H groups in total. The lowest BCUT2D eigenvalue weighted by atomic mass is 10.3. The first-order chi connectivity index (χ1) is 7.93. The van der Waals surface area contributed by atoms with Crippen molar-refractivity contribution in [3.8, 4) is 0 Å². The number of benzene rings is 1. The van der Waals surface area contributed by atoms with Gasteiger partial charge in [0.25, 0.3) is 0 Å². The predicted octanol–water partition coefficient (Wildman–Crippen LogP) is 1.12. The van der Waals surface area contributed by atoms with Crippen LogP contribution < -0.4 is 10.0 Å². The molecule has 1 aromatic heterocycles. The van der Waals surface area contributed by atoms with Crippen molar-refractivity contribution >= 4 is 31.6 Å². The van der Waals surface area contributed by atoms with Gasteiger partial charge in [0.2, 0.25) is 10.0 Å². The van der Waals surface area contributed by atoms with Crippen LogP contribution in [0, 0.1) is 0 Å². The Balaban J connectivity index is 2.70. The molecule has 0 aliphatic carbocycles. The Labute approximate surface area is 103 Å². The highest BCUT2D eigenvalue weighted by molar-refractivity contribution is 7.89. The quantitative estimate of drug-likeness (QED) is 0.909. The Morgan fingerprint density at radius 3 is 2.71 bits per heavy atom. The van der Waals surface area contributed by atoms with E-state index in [4.69, 9.17) is 5.14 Å². The summed E-state index contributed by atoms with van der Waals surface area (Å²) in [5.74, 6) is 0. The van der Waals surface area contributed by atoms with Gasteiger partial charge in [-0.3, -0.25) is 9.36 Å². The van der Waals surface area contributed by atoms with E-state index >= 15 is 0 Å². The Bertz CT molecular complexity index is 713. The van der Waals surface area contributed by atoms with Crippen LogP contribution in [0.15, 0.2) is 27.9 Å². The minimum Gasteiger partial charge on any atom is -0.299 e. The summed E-state index contributed by atoms with van der Waals surface area (Å²) in [5, 5.41) is 5.04. The topological polar surface area (TPSA) is 82.2 Å². The van der Waals surface area contributed by atoms with E-state index < -0.39 is 10.0 Å². The maximum atomic E-state index is 11.7. The largest absolute Gasteiger partial charge is 0.308 e. The first-order valence-electron chi connectivity index (χ1n) is 5.09. The average Bonchev–Trinajstić information content (AvgIpc) is 2.54. The highest BCUT2D eigenvalue weighted by Gasteiger charge is 2.12. The molecule has 17 heavy (non-hydrogen) atoms. The zero-order chi connectivity index (χ0) is 12.6. The smallest absolute Gasteiger partial charge is 0.299 e. The number of hydrogen-bond donors (Lipinski definition) is 1. The van der Waals surface area contributed by atoms with Crippen molar-refractivity contribution in [2.45, 2.75) is 24.8 Å². The molecule has 0 atom stereocenters. The number of aryl methyl sites for hydroxylation is 1. The molecule has 2 aromatic rings. The lowest BCUT2D eigenvalue weighted by Gasteiger charge is -2.01. The zero-order valence-corrected chi connectivity index (χ0v) is 10.8. The number of nitrogens with zero attached hydrogens (tertiary/aromatic N) is 1. The van der Waals surface area contributed by atoms with Crippen LogP contribution in [0.1, 0.15) is 13.3 Å². The van der Waals surface area contributed by atoms with Gasteiger partial charge in [-0.2, -0.15) is 0 Å². The van der Waals surface area contributed by atoms with E-state index in [9.17, 15) is 13.2 Å². The van der Waals surface area contributed by atoms with Gasteiger partial charge >= 0.3 is 4.87 Å². The molecule has 0 bridgehead atoms. The molecule has 0 spiro atoms. The number of aromatic nitrogens is 1. The fraction of sp³-hybridized carbons (Fsp3) is 0.300. The van der Waals surface area contributed by atoms with Crippen molar-refractivity contribution in [3.63, 3.8) is 0 Å². The molecular formula is C10H12N2O3S2. The van der Waals surface area contributed by atoms with Crippen LogP contribution in [-0.2, 0) is 16.6 Å². The van der Waals surface area contributed by atoms with Gasteiger partial charge in [0.15, 0.2) is 0 Å². The van der Waals surface area contributed by atoms with Gasteiger partial charge in [0, 0.05) is 6.54 Å². The van der Waals surface area contributed by atoms with Crippen LogP contribution in [-0.4, -0.2) is 13.0 Å². The van der Waals surface area contributed by atoms with Crippen LogP contribution in [0.5, 0.6) is 0 Å². The number of fused-ring (bicyclic) bond motifs is 1. The van der Waals surface area contributed by atoms with Crippen molar-refractivity contribution in [3.05, 3.63) is 27.9 Å². The number of rotatable bonds is 3. The third-order valence-corrected chi connectivity index (χ3v) is 4.27. The van der Waals surface area contributed by atoms with Crippen LogP contribution >= 0.6 is 11.3 Å². The van der Waals surface area contributed by atoms with Crippen molar-refractivity contribution < 1.29 is 8.42 Å². The summed E-state index contributed by atoms with van der Waals surface area (Å²) in [6.45, 7) is 2.61. The van der Waals surface area contributed by atoms with Crippen LogP contribution in [0.2, 0.25) is 0 Å². The van der Waals surface area contributed by atoms with Crippen LogP contribution in [0.4, 0.5) is 0 Å². The summed E-state index contributed by atoms with van der Waals surface area (Å²) in [5.41, 5.74) is 0.759. The van der Waals surface area contributed by atoms with Crippen molar-refractivity contribution in [1.82, 2.24) is 4.57 Å². The number of thiazole rings is 1. The van der Waals surface area contributed by atoms with Gasteiger partial charge in [-0.05, 0) is 24.6 Å². The fourth-order valence-electron chi connectivity index (χ4n) is 1.66. The molecule has 2 rings (SSSR count). The second-order valence-electron chi connectivity index (χ2n) is 3.69. The first kappa shape index (κ1) is 12.3. The molecular weight excluding hydrogens is 260 g/mol. The molecule has 0 aliphatic heterocycles. The summed E-state index contributed by atoms with van der Waals surface area (Å²) in [7, 11) is -3.71. The number of hydrogen-bond acceptors (Lipinski definition) is 4. The molecule has 0 amide bonds. The Morgan fingerprint density at radius 1 is 1.41 bits per heavy atom. The van der Waals surface area contributed by atoms with Gasteiger partial charge in [-0.25, -0.2) is 13.6 Å². The van der Waals surface area contributed by atoms with Gasteiger partial charge < -0.3 is 0 Å². The molecule has 0 unspecified atom stereocenters. The van der Waals surface area contributed by atoms with E-state index in [0.29, 0.717) is 11.2 Å². The number of sulfonamides is 1. The number of primary sulfonamides is 1. The standard InChI is InChI=1S/C10H12N2O3S2/c1-2-5-12-8-4-3-7(17(11,14)15)6-9(8)16-10(12)13/h3-4,6H,2,5H2,1H3,(H2,11,14,15). The third kappa shape index (κ3) is 2.26. The molecule has 0 saturated carbocycles. The molecule has 0 aliphatic rings. The normalized spacial score (nSPS) is 12.1. The van der Waals surface area contributed by atoms with Gasteiger partial charge in [-0.15, -0.1) is 0 Å². The molecule has 0 saturated heterocycles. The van der Waals surface area contributed by atoms with Gasteiger partial charge in [-0.1, -0.05) is 18.3 Å². The molecule has 0 fully saturated rings. The minimum absolute atomic E-state index is 0.0369. The molecule has 0 radical (unpaired) electrons. The van der Waals surface area contributed by atoms with Gasteiger partial charge in [0.1, 0.15) is 0 Å². The monoisotopic (exact) mass is 272 g/mol. The summed E-state index contributed by atoms with van der Waals surface area (Å²) in [6, 6.07) is 4.50. The van der Waals surface area contributed by atoms with E-state index in [2.05, 4.69) is 0 Å². The van der Waals surface area contributed by atoms with E-state index in [0.717, 1.165) is 23.3 Å². The summed E-state index contributed by atoms with van der Waals surface area (Å²) >= 11 is 1.04. The molecule has 1 aromatic carbocycles. The summed E-state index contributed by atoms with van der Waals surface area (Å²) in [6.07, 6.45) is 0.850. The maximum Gasteiger partial charge on any atom is 0.308 e. The van der Waals surface area contributed by atoms with E-state index in [1.165, 1.54) is 12.1 Å². The summed E-state index contributed by atoms with van der Waals surface area (Å²) in [4.78, 5) is 11.7. The van der Waals surface area contributed by atoms with Crippen molar-refractivity contribution in [2.24, 2.45) is 5.14 Å². The highest BCUT2D eigenvalue weighted by atomic mass is 32.2. The maximum absolute atomic E-state index is 11.7. The molecule has 92 valence electrons. The van der Waals surface area contributed by atoms with E-state index in [1.807, 2.05) is 6.92 Å². The lowest BCUT2D eigenvalue weighted by molar-refractivity contribution is 0.598. The van der Waals surface area contributed by atoms with Crippen molar-refractivity contribution in [2.75, 3.05) is 0 Å². The minimum atomic E-state index is -3.71.